The zero-order valence-corrected chi connectivity index (χ0v) is 16.8. The molecule has 2 saturated heterocycles. The van der Waals surface area contributed by atoms with E-state index in [9.17, 15) is 4.79 Å². The summed E-state index contributed by atoms with van der Waals surface area (Å²) in [4.78, 5) is 17.6. The first-order valence-corrected chi connectivity index (χ1v) is 10.4. The highest BCUT2D eigenvalue weighted by atomic mass is 16.5. The van der Waals surface area contributed by atoms with Crippen LogP contribution in [0.4, 0.5) is 0 Å². The number of hydrogen-bond acceptors (Lipinski definition) is 3. The normalized spacial score (nSPS) is 19.5. The molecule has 0 bridgehead atoms. The third kappa shape index (κ3) is 3.79. The van der Waals surface area contributed by atoms with Gasteiger partial charge in [-0.1, -0.05) is 42.5 Å². The first kappa shape index (κ1) is 19.0. The molecule has 0 unspecified atom stereocenters. The van der Waals surface area contributed by atoms with Gasteiger partial charge in [-0.25, -0.2) is 0 Å². The molecule has 2 aromatic carbocycles. The monoisotopic (exact) mass is 378 g/mol. The number of nitrogens with zero attached hydrogens (tertiary/aromatic N) is 2. The molecule has 148 valence electrons. The Bertz CT molecular complexity index is 774. The number of hydrogen-bond donors (Lipinski definition) is 0. The van der Waals surface area contributed by atoms with Gasteiger partial charge in [0.05, 0.1) is 13.5 Å². The highest BCUT2D eigenvalue weighted by molar-refractivity contribution is 5.79. The minimum atomic E-state index is 0.0919. The number of ether oxygens (including phenoxy) is 1. The van der Waals surface area contributed by atoms with E-state index in [-0.39, 0.29) is 11.4 Å². The van der Waals surface area contributed by atoms with Crippen LogP contribution in [0, 0.1) is 0 Å². The molecule has 2 heterocycles. The molecule has 2 fully saturated rings. The summed E-state index contributed by atoms with van der Waals surface area (Å²) in [7, 11) is 1.66. The van der Waals surface area contributed by atoms with Gasteiger partial charge in [0.25, 0.3) is 0 Å². The van der Waals surface area contributed by atoms with Crippen LogP contribution in [0.25, 0.3) is 0 Å². The van der Waals surface area contributed by atoms with E-state index in [1.54, 1.807) is 7.11 Å². The van der Waals surface area contributed by atoms with E-state index in [0.717, 1.165) is 37.2 Å². The quantitative estimate of drug-likeness (QED) is 0.792. The van der Waals surface area contributed by atoms with Gasteiger partial charge in [-0.05, 0) is 62.0 Å². The van der Waals surface area contributed by atoms with Crippen molar-refractivity contribution in [2.45, 2.75) is 37.6 Å². The number of carbonyl (C=O) groups is 1. The topological polar surface area (TPSA) is 32.8 Å². The first-order valence-electron chi connectivity index (χ1n) is 10.4. The summed E-state index contributed by atoms with van der Waals surface area (Å²) in [6.45, 7) is 4.02. The smallest absolute Gasteiger partial charge is 0.226 e. The Labute approximate surface area is 168 Å². The summed E-state index contributed by atoms with van der Waals surface area (Å²) in [5.74, 6) is 1.06. The number of likely N-dealkylation sites (tertiary alicyclic amines) is 2. The number of amides is 1. The second-order valence-corrected chi connectivity index (χ2v) is 8.00. The molecule has 28 heavy (non-hydrogen) atoms. The second kappa shape index (κ2) is 8.36. The fraction of sp³-hybridized carbons (Fsp3) is 0.458. The summed E-state index contributed by atoms with van der Waals surface area (Å²) >= 11 is 0. The van der Waals surface area contributed by atoms with Crippen molar-refractivity contribution in [3.63, 3.8) is 0 Å². The molecule has 0 aromatic heterocycles. The zero-order valence-electron chi connectivity index (χ0n) is 16.8. The van der Waals surface area contributed by atoms with Crippen molar-refractivity contribution in [3.8, 4) is 5.75 Å². The van der Waals surface area contributed by atoms with E-state index in [2.05, 4.69) is 40.1 Å². The lowest BCUT2D eigenvalue weighted by Crippen LogP contribution is -2.53. The molecule has 2 aliphatic heterocycles. The lowest BCUT2D eigenvalue weighted by molar-refractivity contribution is -0.133. The van der Waals surface area contributed by atoms with Crippen molar-refractivity contribution in [2.75, 3.05) is 33.3 Å². The van der Waals surface area contributed by atoms with Crippen LogP contribution in [0.15, 0.2) is 54.6 Å². The molecule has 4 heteroatoms. The zero-order chi connectivity index (χ0) is 19.4. The minimum absolute atomic E-state index is 0.0919. The highest BCUT2D eigenvalue weighted by Gasteiger charge is 2.42. The van der Waals surface area contributed by atoms with Gasteiger partial charge in [-0.2, -0.15) is 0 Å². The number of methoxy groups -OCH3 is 1. The summed E-state index contributed by atoms with van der Waals surface area (Å²) in [6, 6.07) is 18.7. The fourth-order valence-electron chi connectivity index (χ4n) is 4.84. The van der Waals surface area contributed by atoms with Gasteiger partial charge >= 0.3 is 0 Å². The Balaban J connectivity index is 1.44. The highest BCUT2D eigenvalue weighted by Crippen LogP contribution is 2.40. The number of piperidine rings is 1. The largest absolute Gasteiger partial charge is 0.497 e. The molecular formula is C24H30N2O2. The molecule has 4 rings (SSSR count). The van der Waals surface area contributed by atoms with Crippen LogP contribution in [-0.2, 0) is 16.8 Å². The van der Waals surface area contributed by atoms with Gasteiger partial charge in [-0.15, -0.1) is 0 Å². The minimum Gasteiger partial charge on any atom is -0.497 e. The van der Waals surface area contributed by atoms with Crippen LogP contribution in [0.3, 0.4) is 0 Å². The maximum Gasteiger partial charge on any atom is 0.226 e. The van der Waals surface area contributed by atoms with E-state index in [1.165, 1.54) is 31.5 Å². The average Bonchev–Trinajstić information content (AvgIpc) is 3.30. The van der Waals surface area contributed by atoms with Crippen LogP contribution in [0.1, 0.15) is 36.8 Å². The van der Waals surface area contributed by atoms with E-state index < -0.39 is 0 Å². The molecule has 1 amide bonds. The van der Waals surface area contributed by atoms with Crippen molar-refractivity contribution in [1.29, 1.82) is 0 Å². The second-order valence-electron chi connectivity index (χ2n) is 8.00. The molecular weight excluding hydrogens is 348 g/mol. The summed E-state index contributed by atoms with van der Waals surface area (Å²) in [5, 5.41) is 0. The number of benzene rings is 2. The molecule has 0 N–H and O–H groups in total. The molecule has 2 aliphatic rings. The molecule has 0 saturated carbocycles. The molecule has 0 atom stereocenters. The van der Waals surface area contributed by atoms with E-state index in [1.807, 2.05) is 24.3 Å². The molecule has 0 radical (unpaired) electrons. The van der Waals surface area contributed by atoms with Gasteiger partial charge in [-0.3, -0.25) is 9.69 Å². The average molecular weight is 379 g/mol. The van der Waals surface area contributed by atoms with Gasteiger partial charge in [0.2, 0.25) is 5.91 Å². The lowest BCUT2D eigenvalue weighted by atomic mass is 9.79. The van der Waals surface area contributed by atoms with Crippen LogP contribution >= 0.6 is 0 Å². The molecule has 0 spiro atoms. The molecule has 2 aromatic rings. The van der Waals surface area contributed by atoms with Crippen molar-refractivity contribution >= 4 is 5.91 Å². The maximum absolute atomic E-state index is 12.9. The molecule has 0 aliphatic carbocycles. The van der Waals surface area contributed by atoms with Crippen molar-refractivity contribution < 1.29 is 9.53 Å². The number of carbonyl (C=O) groups excluding carboxylic acids is 1. The predicted octanol–water partition coefficient (Wildman–Crippen LogP) is 3.85. The lowest BCUT2D eigenvalue weighted by Gasteiger charge is -2.48. The van der Waals surface area contributed by atoms with Crippen LogP contribution < -0.4 is 4.74 Å². The van der Waals surface area contributed by atoms with E-state index >= 15 is 0 Å². The Morgan fingerprint density at radius 3 is 2.18 bits per heavy atom. The fourth-order valence-corrected chi connectivity index (χ4v) is 4.84. The summed E-state index contributed by atoms with van der Waals surface area (Å²) in [6.07, 6.45) is 5.08. The van der Waals surface area contributed by atoms with Crippen LogP contribution in [-0.4, -0.2) is 49.0 Å². The SMILES string of the molecule is COc1ccc(CC(=O)N2CCC(c3ccccc3)(N3CCCC3)CC2)cc1. The van der Waals surface area contributed by atoms with E-state index in [0.29, 0.717) is 6.42 Å². The van der Waals surface area contributed by atoms with Crippen LogP contribution in [0.2, 0.25) is 0 Å². The van der Waals surface area contributed by atoms with Gasteiger partial charge in [0.15, 0.2) is 0 Å². The van der Waals surface area contributed by atoms with E-state index in [4.69, 9.17) is 4.74 Å². The van der Waals surface area contributed by atoms with Gasteiger partial charge in [0.1, 0.15) is 5.75 Å². The Kier molecular flexibility index (Phi) is 5.67. The molecule has 4 nitrogen and oxygen atoms in total. The predicted molar refractivity (Wildman–Crippen MR) is 111 cm³/mol. The standard InChI is InChI=1S/C24H30N2O2/c1-28-22-11-9-20(10-12-22)19-23(27)25-17-13-24(14-18-25,26-15-5-6-16-26)21-7-3-2-4-8-21/h2-4,7-12H,5-6,13-19H2,1H3. The van der Waals surface area contributed by atoms with Crippen molar-refractivity contribution in [3.05, 3.63) is 65.7 Å². The van der Waals surface area contributed by atoms with Crippen LogP contribution in [0.5, 0.6) is 5.75 Å². The maximum atomic E-state index is 12.9. The Morgan fingerprint density at radius 2 is 1.57 bits per heavy atom. The third-order valence-corrected chi connectivity index (χ3v) is 6.48. The Morgan fingerprint density at radius 1 is 0.929 bits per heavy atom. The first-order chi connectivity index (χ1) is 13.7. The Hall–Kier alpha value is -2.33. The van der Waals surface area contributed by atoms with Gasteiger partial charge < -0.3 is 9.64 Å². The third-order valence-electron chi connectivity index (χ3n) is 6.48. The van der Waals surface area contributed by atoms with Crippen molar-refractivity contribution in [1.82, 2.24) is 9.80 Å². The van der Waals surface area contributed by atoms with Crippen molar-refractivity contribution in [2.24, 2.45) is 0 Å². The summed E-state index contributed by atoms with van der Waals surface area (Å²) in [5.41, 5.74) is 2.55. The summed E-state index contributed by atoms with van der Waals surface area (Å²) < 4.78 is 5.20. The van der Waals surface area contributed by atoms with Gasteiger partial charge in [0, 0.05) is 18.6 Å². The number of rotatable bonds is 5.